The zero-order valence-electron chi connectivity index (χ0n) is 13.6. The predicted octanol–water partition coefficient (Wildman–Crippen LogP) is 3.28. The maximum absolute atomic E-state index is 12.2. The third-order valence-electron chi connectivity index (χ3n) is 3.90. The Bertz CT molecular complexity index is 476. The third-order valence-corrected chi connectivity index (χ3v) is 5.11. The fourth-order valence-electron chi connectivity index (χ4n) is 2.85. The first kappa shape index (κ1) is 16.4. The molecule has 0 radical (unpaired) electrons. The number of hydrogen-bond acceptors (Lipinski definition) is 4. The minimum absolute atomic E-state index is 0.0346. The van der Waals surface area contributed by atoms with Crippen LogP contribution in [0.5, 0.6) is 0 Å². The number of thioether (sulfide) groups is 1. The molecular weight excluding hydrogens is 284 g/mol. The summed E-state index contributed by atoms with van der Waals surface area (Å²) in [6.07, 6.45) is 0. The molecule has 0 aromatic carbocycles. The molecule has 0 aliphatic carbocycles. The van der Waals surface area contributed by atoms with Gasteiger partial charge < -0.3 is 9.32 Å². The van der Waals surface area contributed by atoms with Crippen LogP contribution in [0.1, 0.15) is 44.6 Å². The molecule has 1 fully saturated rings. The molecule has 0 spiro atoms. The van der Waals surface area contributed by atoms with E-state index >= 15 is 0 Å². The molecule has 118 valence electrons. The van der Waals surface area contributed by atoms with Crippen molar-refractivity contribution in [1.29, 1.82) is 0 Å². The number of hydrogen-bond donors (Lipinski definition) is 0. The van der Waals surface area contributed by atoms with E-state index in [1.165, 1.54) is 0 Å². The van der Waals surface area contributed by atoms with Crippen molar-refractivity contribution in [3.63, 3.8) is 0 Å². The van der Waals surface area contributed by atoms with Gasteiger partial charge in [-0.25, -0.2) is 0 Å². The number of aryl methyl sites for hydroxylation is 1. The minimum atomic E-state index is 0.0346. The Morgan fingerprint density at radius 3 is 2.52 bits per heavy atom. The van der Waals surface area contributed by atoms with Gasteiger partial charge >= 0.3 is 0 Å². The van der Waals surface area contributed by atoms with Crippen molar-refractivity contribution in [2.75, 3.05) is 18.8 Å². The lowest BCUT2D eigenvalue weighted by Gasteiger charge is -2.33. The van der Waals surface area contributed by atoms with Crippen molar-refractivity contribution in [3.05, 3.63) is 23.7 Å². The number of rotatable bonds is 6. The van der Waals surface area contributed by atoms with E-state index in [1.807, 2.05) is 24.0 Å². The maximum atomic E-state index is 12.2. The molecule has 1 atom stereocenters. The second kappa shape index (κ2) is 6.88. The average molecular weight is 310 g/mol. The number of nitrogens with zero attached hydrogens (tertiary/aromatic N) is 2. The van der Waals surface area contributed by atoms with Gasteiger partial charge in [0.1, 0.15) is 16.9 Å². The van der Waals surface area contributed by atoms with E-state index in [4.69, 9.17) is 4.42 Å². The molecule has 1 aliphatic heterocycles. The summed E-state index contributed by atoms with van der Waals surface area (Å²) in [4.78, 5) is 16.5. The molecular formula is C16H26N2O2S. The van der Waals surface area contributed by atoms with Crippen LogP contribution in [0, 0.1) is 6.92 Å². The van der Waals surface area contributed by atoms with Crippen molar-refractivity contribution in [2.45, 2.75) is 52.1 Å². The molecule has 2 heterocycles. The highest BCUT2D eigenvalue weighted by Gasteiger charge is 2.35. The van der Waals surface area contributed by atoms with Gasteiger partial charge in [0.05, 0.1) is 5.75 Å². The van der Waals surface area contributed by atoms with Crippen molar-refractivity contribution in [3.8, 4) is 0 Å². The average Bonchev–Trinajstić information content (AvgIpc) is 2.96. The zero-order chi connectivity index (χ0) is 15.6. The summed E-state index contributed by atoms with van der Waals surface area (Å²) in [5.74, 6) is 2.56. The monoisotopic (exact) mass is 310 g/mol. The van der Waals surface area contributed by atoms with Crippen LogP contribution in [0.4, 0.5) is 0 Å². The molecule has 4 nitrogen and oxygen atoms in total. The molecule has 0 bridgehead atoms. The topological polar surface area (TPSA) is 36.7 Å². The molecule has 1 amide bonds. The molecule has 1 saturated heterocycles. The number of furan rings is 1. The largest absolute Gasteiger partial charge is 0.463 e. The lowest BCUT2D eigenvalue weighted by molar-refractivity contribution is -0.128. The van der Waals surface area contributed by atoms with E-state index in [9.17, 15) is 4.79 Å². The van der Waals surface area contributed by atoms with Gasteiger partial charge in [0.25, 0.3) is 0 Å². The first-order chi connectivity index (χ1) is 9.90. The van der Waals surface area contributed by atoms with Gasteiger partial charge in [-0.1, -0.05) is 0 Å². The first-order valence-corrected chi connectivity index (χ1v) is 8.68. The highest BCUT2D eigenvalue weighted by Crippen LogP contribution is 2.39. The van der Waals surface area contributed by atoms with Crippen LogP contribution in [0.3, 0.4) is 0 Å². The van der Waals surface area contributed by atoms with Crippen LogP contribution in [-0.4, -0.2) is 46.6 Å². The summed E-state index contributed by atoms with van der Waals surface area (Å²) in [7, 11) is 0. The van der Waals surface area contributed by atoms with Gasteiger partial charge in [0.15, 0.2) is 0 Å². The molecule has 1 aliphatic rings. The second-order valence-corrected chi connectivity index (χ2v) is 7.19. The Balaban J connectivity index is 2.04. The maximum Gasteiger partial charge on any atom is 0.233 e. The summed E-state index contributed by atoms with van der Waals surface area (Å²) in [6.45, 7) is 12.4. The van der Waals surface area contributed by atoms with E-state index in [0.717, 1.165) is 24.6 Å². The number of carbonyl (C=O) groups is 1. The smallest absolute Gasteiger partial charge is 0.233 e. The van der Waals surface area contributed by atoms with Crippen LogP contribution < -0.4 is 0 Å². The van der Waals surface area contributed by atoms with Crippen LogP contribution in [0.2, 0.25) is 0 Å². The van der Waals surface area contributed by atoms with Gasteiger partial charge in [-0.2, -0.15) is 0 Å². The van der Waals surface area contributed by atoms with Crippen LogP contribution >= 0.6 is 11.8 Å². The van der Waals surface area contributed by atoms with Crippen LogP contribution in [-0.2, 0) is 4.79 Å². The fraction of sp³-hybridized carbons (Fsp3) is 0.688. The van der Waals surface area contributed by atoms with E-state index < -0.39 is 0 Å². The quantitative estimate of drug-likeness (QED) is 0.808. The Labute approximate surface area is 131 Å². The van der Waals surface area contributed by atoms with E-state index in [2.05, 4.69) is 32.6 Å². The Hall–Kier alpha value is -0.940. The molecule has 2 rings (SSSR count). The van der Waals surface area contributed by atoms with Crippen LogP contribution in [0.25, 0.3) is 0 Å². The highest BCUT2D eigenvalue weighted by molar-refractivity contribution is 8.00. The normalized spacial score (nSPS) is 19.5. The third kappa shape index (κ3) is 3.83. The summed E-state index contributed by atoms with van der Waals surface area (Å²) >= 11 is 1.66. The zero-order valence-corrected chi connectivity index (χ0v) is 14.4. The Morgan fingerprint density at radius 1 is 1.33 bits per heavy atom. The lowest BCUT2D eigenvalue weighted by Crippen LogP contribution is -2.43. The summed E-state index contributed by atoms with van der Waals surface area (Å²) < 4.78 is 5.72. The molecule has 1 aromatic rings. The van der Waals surface area contributed by atoms with Gasteiger partial charge in [0, 0.05) is 25.2 Å². The molecule has 0 N–H and O–H groups in total. The summed E-state index contributed by atoms with van der Waals surface area (Å²) in [5, 5.41) is 0.0346. The number of carbonyl (C=O) groups excluding carboxylic acids is 1. The van der Waals surface area contributed by atoms with Gasteiger partial charge in [0.2, 0.25) is 5.91 Å². The fourth-order valence-corrected chi connectivity index (χ4v) is 4.01. The minimum Gasteiger partial charge on any atom is -0.463 e. The van der Waals surface area contributed by atoms with Gasteiger partial charge in [-0.05, 0) is 46.8 Å². The molecule has 0 saturated carbocycles. The van der Waals surface area contributed by atoms with E-state index in [-0.39, 0.29) is 11.3 Å². The Morgan fingerprint density at radius 2 is 2.00 bits per heavy atom. The Kier molecular flexibility index (Phi) is 5.38. The molecule has 5 heteroatoms. The SMILES string of the molecule is Cc1ccc(C2SCC(=O)N2CCN(C(C)C)C(C)C)o1. The van der Waals surface area contributed by atoms with E-state index in [0.29, 0.717) is 17.8 Å². The summed E-state index contributed by atoms with van der Waals surface area (Å²) in [5.41, 5.74) is 0. The van der Waals surface area contributed by atoms with Crippen molar-refractivity contribution in [2.24, 2.45) is 0 Å². The van der Waals surface area contributed by atoms with Crippen LogP contribution in [0.15, 0.2) is 16.5 Å². The van der Waals surface area contributed by atoms with Gasteiger partial charge in [-0.3, -0.25) is 9.69 Å². The first-order valence-electron chi connectivity index (χ1n) is 7.63. The highest BCUT2D eigenvalue weighted by atomic mass is 32.2. The second-order valence-electron chi connectivity index (χ2n) is 6.12. The van der Waals surface area contributed by atoms with Crippen molar-refractivity contribution < 1.29 is 9.21 Å². The van der Waals surface area contributed by atoms with Gasteiger partial charge in [-0.15, -0.1) is 11.8 Å². The van der Waals surface area contributed by atoms with Crippen molar-refractivity contribution in [1.82, 2.24) is 9.80 Å². The molecule has 1 aromatic heterocycles. The number of amides is 1. The lowest BCUT2D eigenvalue weighted by atomic mass is 10.2. The summed E-state index contributed by atoms with van der Waals surface area (Å²) in [6, 6.07) is 4.92. The van der Waals surface area contributed by atoms with Crippen molar-refractivity contribution >= 4 is 17.7 Å². The van der Waals surface area contributed by atoms with E-state index in [1.54, 1.807) is 11.8 Å². The molecule has 21 heavy (non-hydrogen) atoms. The predicted molar refractivity (Wildman–Crippen MR) is 87.3 cm³/mol. The standard InChI is InChI=1S/C16H26N2O2S/c1-11(2)17(12(3)4)8-9-18-15(19)10-21-16(18)14-7-6-13(5)20-14/h6-7,11-12,16H,8-10H2,1-5H3. The molecule has 1 unspecified atom stereocenters.